The number of hydrogen-bond donors (Lipinski definition) is 2. The molecule has 0 atom stereocenters. The molecule has 0 amide bonds. The Morgan fingerprint density at radius 3 is 2.52 bits per heavy atom. The predicted molar refractivity (Wildman–Crippen MR) is 129 cm³/mol. The maximum atomic E-state index is 13.6. The summed E-state index contributed by atoms with van der Waals surface area (Å²) in [5, 5.41) is 6.82. The quantitative estimate of drug-likeness (QED) is 0.267. The van der Waals surface area contributed by atoms with Crippen LogP contribution >= 0.6 is 24.0 Å². The lowest BCUT2D eigenvalue weighted by Gasteiger charge is -2.20. The summed E-state index contributed by atoms with van der Waals surface area (Å²) in [5.74, 6) is 0.607. The van der Waals surface area contributed by atoms with Crippen LogP contribution < -0.4 is 15.5 Å². The van der Waals surface area contributed by atoms with Gasteiger partial charge in [0.1, 0.15) is 5.82 Å². The van der Waals surface area contributed by atoms with Gasteiger partial charge in [-0.1, -0.05) is 36.4 Å². The molecule has 0 saturated heterocycles. The van der Waals surface area contributed by atoms with Crippen LogP contribution in [0, 0.1) is 5.82 Å². The van der Waals surface area contributed by atoms with Crippen LogP contribution in [0.5, 0.6) is 0 Å². The highest BCUT2D eigenvalue weighted by molar-refractivity contribution is 14.0. The fourth-order valence-electron chi connectivity index (χ4n) is 3.75. The lowest BCUT2D eigenvalue weighted by molar-refractivity contribution is 0.607. The molecule has 4 rings (SSSR count). The molecule has 2 N–H and O–H groups in total. The standard InChI is InChI=1S/C23H27FN4.HI/c1-25-22(27-17-23(10-11-23)19-7-5-8-20(24)15-19)26-16-18-6-4-9-21(14-18)28-12-2-3-13-28;/h2-9,14-15H,10-13,16-17H2,1H3,(H2,25,26,27);1H. The van der Waals surface area contributed by atoms with E-state index < -0.39 is 0 Å². The molecule has 0 spiro atoms. The minimum absolute atomic E-state index is 0. The van der Waals surface area contributed by atoms with Crippen molar-refractivity contribution in [3.63, 3.8) is 0 Å². The van der Waals surface area contributed by atoms with Crippen LogP contribution in [-0.4, -0.2) is 32.6 Å². The highest BCUT2D eigenvalue weighted by Crippen LogP contribution is 2.47. The van der Waals surface area contributed by atoms with Gasteiger partial charge in [-0.15, -0.1) is 24.0 Å². The number of hydrogen-bond acceptors (Lipinski definition) is 2. The average Bonchev–Trinajstić information content (AvgIpc) is 3.31. The van der Waals surface area contributed by atoms with Crippen molar-refractivity contribution in [2.75, 3.05) is 31.6 Å². The Kier molecular flexibility index (Phi) is 7.16. The normalized spacial score (nSPS) is 17.0. The molecule has 0 unspecified atom stereocenters. The van der Waals surface area contributed by atoms with Gasteiger partial charge in [0.15, 0.2) is 5.96 Å². The number of benzene rings is 2. The second-order valence-electron chi connectivity index (χ2n) is 7.62. The molecule has 1 fully saturated rings. The van der Waals surface area contributed by atoms with E-state index in [-0.39, 0.29) is 35.2 Å². The molecule has 2 aromatic carbocycles. The van der Waals surface area contributed by atoms with E-state index in [0.717, 1.165) is 44.0 Å². The summed E-state index contributed by atoms with van der Waals surface area (Å²) in [7, 11) is 1.78. The van der Waals surface area contributed by atoms with Crippen molar-refractivity contribution < 1.29 is 4.39 Å². The van der Waals surface area contributed by atoms with Crippen molar-refractivity contribution in [3.8, 4) is 0 Å². The van der Waals surface area contributed by atoms with Gasteiger partial charge >= 0.3 is 0 Å². The van der Waals surface area contributed by atoms with Crippen molar-refractivity contribution in [2.24, 2.45) is 4.99 Å². The zero-order valence-corrected chi connectivity index (χ0v) is 19.0. The van der Waals surface area contributed by atoms with Gasteiger partial charge in [0.2, 0.25) is 0 Å². The summed E-state index contributed by atoms with van der Waals surface area (Å²) in [6, 6.07) is 15.6. The molecule has 1 aliphatic carbocycles. The molecule has 1 saturated carbocycles. The van der Waals surface area contributed by atoms with Crippen LogP contribution in [-0.2, 0) is 12.0 Å². The maximum absolute atomic E-state index is 13.6. The van der Waals surface area contributed by atoms with E-state index in [2.05, 4.69) is 56.9 Å². The Bertz CT molecular complexity index is 884. The lowest BCUT2D eigenvalue weighted by Crippen LogP contribution is -2.40. The van der Waals surface area contributed by atoms with E-state index in [0.29, 0.717) is 6.54 Å². The fraction of sp³-hybridized carbons (Fsp3) is 0.348. The van der Waals surface area contributed by atoms with Crippen LogP contribution in [0.25, 0.3) is 0 Å². The first-order valence-electron chi connectivity index (χ1n) is 9.88. The topological polar surface area (TPSA) is 39.7 Å². The van der Waals surface area contributed by atoms with E-state index in [4.69, 9.17) is 0 Å². The number of rotatable bonds is 6. The average molecular weight is 506 g/mol. The van der Waals surface area contributed by atoms with Crippen molar-refractivity contribution in [1.29, 1.82) is 0 Å². The smallest absolute Gasteiger partial charge is 0.191 e. The molecule has 2 aliphatic rings. The Balaban J connectivity index is 0.00000240. The summed E-state index contributed by atoms with van der Waals surface area (Å²) in [5.41, 5.74) is 3.57. The molecule has 154 valence electrons. The molecule has 0 aromatic heterocycles. The van der Waals surface area contributed by atoms with E-state index in [1.165, 1.54) is 17.3 Å². The second kappa shape index (κ2) is 9.61. The molecule has 1 heterocycles. The van der Waals surface area contributed by atoms with Gasteiger partial charge in [-0.25, -0.2) is 4.39 Å². The van der Waals surface area contributed by atoms with Gasteiger partial charge in [0.05, 0.1) is 0 Å². The van der Waals surface area contributed by atoms with E-state index >= 15 is 0 Å². The molecule has 1 aliphatic heterocycles. The SMILES string of the molecule is CN=C(NCc1cccc(N2CC=CC2)c1)NCC1(c2cccc(F)c2)CC1.I. The number of nitrogens with zero attached hydrogens (tertiary/aromatic N) is 2. The van der Waals surface area contributed by atoms with Crippen molar-refractivity contribution in [1.82, 2.24) is 10.6 Å². The zero-order chi connectivity index (χ0) is 19.4. The highest BCUT2D eigenvalue weighted by atomic mass is 127. The van der Waals surface area contributed by atoms with Gasteiger partial charge < -0.3 is 15.5 Å². The van der Waals surface area contributed by atoms with Crippen molar-refractivity contribution >= 4 is 35.6 Å². The number of halogens is 2. The lowest BCUT2D eigenvalue weighted by atomic mass is 9.96. The highest BCUT2D eigenvalue weighted by Gasteiger charge is 2.44. The van der Waals surface area contributed by atoms with Crippen LogP contribution in [0.1, 0.15) is 24.0 Å². The summed E-state index contributed by atoms with van der Waals surface area (Å²) in [6.45, 7) is 3.42. The Hall–Kier alpha value is -2.09. The van der Waals surface area contributed by atoms with Crippen molar-refractivity contribution in [2.45, 2.75) is 24.8 Å². The number of guanidine groups is 1. The molecule has 2 aromatic rings. The second-order valence-corrected chi connectivity index (χ2v) is 7.62. The molecule has 0 radical (unpaired) electrons. The minimum Gasteiger partial charge on any atom is -0.364 e. The molecular formula is C23H28FIN4. The summed E-state index contributed by atoms with van der Waals surface area (Å²) in [4.78, 5) is 6.68. The van der Waals surface area contributed by atoms with Crippen molar-refractivity contribution in [3.05, 3.63) is 77.6 Å². The van der Waals surface area contributed by atoms with Gasteiger partial charge in [0, 0.05) is 44.3 Å². The first kappa shape index (κ1) is 21.6. The van der Waals surface area contributed by atoms with E-state index in [1.54, 1.807) is 19.2 Å². The van der Waals surface area contributed by atoms with E-state index in [1.807, 2.05) is 6.07 Å². The Labute approximate surface area is 189 Å². The third kappa shape index (κ3) is 5.29. The van der Waals surface area contributed by atoms with Gasteiger partial charge in [0.25, 0.3) is 0 Å². The summed E-state index contributed by atoms with van der Waals surface area (Å²) < 4.78 is 13.6. The van der Waals surface area contributed by atoms with Gasteiger partial charge in [-0.05, 0) is 48.2 Å². The number of aliphatic imine (C=N–C) groups is 1. The number of nitrogens with one attached hydrogen (secondary N) is 2. The first-order chi connectivity index (χ1) is 13.7. The van der Waals surface area contributed by atoms with Gasteiger partial charge in [-0.2, -0.15) is 0 Å². The zero-order valence-electron chi connectivity index (χ0n) is 16.7. The van der Waals surface area contributed by atoms with Gasteiger partial charge in [-0.3, -0.25) is 4.99 Å². The number of anilines is 1. The van der Waals surface area contributed by atoms with Crippen LogP contribution in [0.4, 0.5) is 10.1 Å². The molecule has 4 nitrogen and oxygen atoms in total. The summed E-state index contributed by atoms with van der Waals surface area (Å²) >= 11 is 0. The maximum Gasteiger partial charge on any atom is 0.191 e. The third-order valence-corrected chi connectivity index (χ3v) is 5.66. The Morgan fingerprint density at radius 1 is 1.07 bits per heavy atom. The molecular weight excluding hydrogens is 478 g/mol. The molecule has 29 heavy (non-hydrogen) atoms. The summed E-state index contributed by atoms with van der Waals surface area (Å²) in [6.07, 6.45) is 6.55. The molecule has 0 bridgehead atoms. The largest absolute Gasteiger partial charge is 0.364 e. The molecule has 6 heteroatoms. The van der Waals surface area contributed by atoms with Crippen LogP contribution in [0.15, 0.2) is 65.7 Å². The third-order valence-electron chi connectivity index (χ3n) is 5.66. The fourth-order valence-corrected chi connectivity index (χ4v) is 3.75. The van der Waals surface area contributed by atoms with Crippen LogP contribution in [0.2, 0.25) is 0 Å². The first-order valence-corrected chi connectivity index (χ1v) is 9.88. The monoisotopic (exact) mass is 506 g/mol. The Morgan fingerprint density at radius 2 is 1.83 bits per heavy atom. The van der Waals surface area contributed by atoms with Crippen LogP contribution in [0.3, 0.4) is 0 Å². The minimum atomic E-state index is -0.167. The predicted octanol–water partition coefficient (Wildman–Crippen LogP) is 4.22. The van der Waals surface area contributed by atoms with E-state index in [9.17, 15) is 4.39 Å².